The van der Waals surface area contributed by atoms with Crippen LogP contribution < -0.4 is 19.5 Å². The molecule has 138 valence electrons. The fourth-order valence-electron chi connectivity index (χ4n) is 2.44. The third kappa shape index (κ3) is 3.49. The number of methoxy groups -OCH3 is 1. The molecule has 0 unspecified atom stereocenters. The molecule has 1 aliphatic heterocycles. The summed E-state index contributed by atoms with van der Waals surface area (Å²) in [5.41, 5.74) is -0.257. The molecule has 7 nitrogen and oxygen atoms in total. The van der Waals surface area contributed by atoms with Crippen LogP contribution in [-0.2, 0) is 14.8 Å². The largest absolute Gasteiger partial charge is 0.495 e. The minimum atomic E-state index is -3.89. The van der Waals surface area contributed by atoms with Crippen LogP contribution in [0.1, 0.15) is 13.8 Å². The number of fused-ring (bicyclic) bond motifs is 1. The number of benzene rings is 2. The van der Waals surface area contributed by atoms with E-state index in [1.165, 1.54) is 19.2 Å². The maximum Gasteiger partial charge on any atom is 0.268 e. The van der Waals surface area contributed by atoms with E-state index in [9.17, 15) is 13.2 Å². The zero-order chi connectivity index (χ0) is 19.1. The molecular weight excluding hydrogens is 424 g/mol. The molecule has 0 aromatic heterocycles. The van der Waals surface area contributed by atoms with Gasteiger partial charge >= 0.3 is 0 Å². The molecule has 0 saturated heterocycles. The number of carbonyl (C=O) groups is 1. The number of amides is 1. The standard InChI is InChI=1S/C17H17BrN2O5S/c1-17(2)16(21)19-12-6-5-11(9-14(12)25-17)20-26(22,23)15-8-10(18)4-7-13(15)24-3/h4-9,20H,1-3H3,(H,19,21). The van der Waals surface area contributed by atoms with Gasteiger partial charge in [0.25, 0.3) is 15.9 Å². The van der Waals surface area contributed by atoms with Crippen LogP contribution in [0.3, 0.4) is 0 Å². The summed E-state index contributed by atoms with van der Waals surface area (Å²) in [4.78, 5) is 11.9. The Morgan fingerprint density at radius 3 is 2.62 bits per heavy atom. The highest BCUT2D eigenvalue weighted by Crippen LogP contribution is 2.36. The summed E-state index contributed by atoms with van der Waals surface area (Å²) >= 11 is 3.26. The summed E-state index contributed by atoms with van der Waals surface area (Å²) in [6.45, 7) is 3.27. The lowest BCUT2D eigenvalue weighted by molar-refractivity contribution is -0.129. The molecule has 0 spiro atoms. The third-order valence-corrected chi connectivity index (χ3v) is 5.70. The van der Waals surface area contributed by atoms with Crippen LogP contribution in [-0.4, -0.2) is 27.0 Å². The van der Waals surface area contributed by atoms with E-state index < -0.39 is 15.6 Å². The monoisotopic (exact) mass is 440 g/mol. The third-order valence-electron chi connectivity index (χ3n) is 3.81. The molecule has 1 heterocycles. The molecular formula is C17H17BrN2O5S. The maximum atomic E-state index is 12.8. The lowest BCUT2D eigenvalue weighted by Gasteiger charge is -2.31. The number of hydrogen-bond acceptors (Lipinski definition) is 5. The number of ether oxygens (including phenoxy) is 2. The molecule has 2 aromatic rings. The van der Waals surface area contributed by atoms with E-state index in [0.29, 0.717) is 21.6 Å². The first kappa shape index (κ1) is 18.5. The number of sulfonamides is 1. The van der Waals surface area contributed by atoms with Crippen LogP contribution >= 0.6 is 15.9 Å². The average molecular weight is 441 g/mol. The van der Waals surface area contributed by atoms with Gasteiger partial charge in [-0.3, -0.25) is 9.52 Å². The topological polar surface area (TPSA) is 93.7 Å². The minimum absolute atomic E-state index is 0.00152. The predicted molar refractivity (Wildman–Crippen MR) is 101 cm³/mol. The fourth-order valence-corrected chi connectivity index (χ4v) is 4.20. The second kappa shape index (κ2) is 6.48. The van der Waals surface area contributed by atoms with Crippen LogP contribution in [0, 0.1) is 0 Å². The quantitative estimate of drug-likeness (QED) is 0.759. The number of carbonyl (C=O) groups excluding carboxylic acids is 1. The van der Waals surface area contributed by atoms with Crippen molar-refractivity contribution in [2.24, 2.45) is 0 Å². The molecule has 3 rings (SSSR count). The van der Waals surface area contributed by atoms with Crippen molar-refractivity contribution in [2.75, 3.05) is 17.1 Å². The maximum absolute atomic E-state index is 12.8. The molecule has 0 fully saturated rings. The van der Waals surface area contributed by atoms with Crippen molar-refractivity contribution in [1.29, 1.82) is 0 Å². The highest BCUT2D eigenvalue weighted by Gasteiger charge is 2.35. The summed E-state index contributed by atoms with van der Waals surface area (Å²) in [7, 11) is -2.49. The van der Waals surface area contributed by atoms with Crippen LogP contribution in [0.15, 0.2) is 45.8 Å². The average Bonchev–Trinajstić information content (AvgIpc) is 2.55. The molecule has 0 aliphatic carbocycles. The molecule has 2 N–H and O–H groups in total. The van der Waals surface area contributed by atoms with E-state index in [-0.39, 0.29) is 16.6 Å². The van der Waals surface area contributed by atoms with E-state index in [0.717, 1.165) is 0 Å². The Bertz CT molecular complexity index is 989. The normalized spacial score (nSPS) is 15.5. The fraction of sp³-hybridized carbons (Fsp3) is 0.235. The summed E-state index contributed by atoms with van der Waals surface area (Å²) < 4.78 is 39.4. The number of anilines is 2. The number of hydrogen-bond donors (Lipinski definition) is 2. The van der Waals surface area contributed by atoms with Gasteiger partial charge in [-0.1, -0.05) is 15.9 Å². The first-order valence-electron chi connectivity index (χ1n) is 7.63. The van der Waals surface area contributed by atoms with Gasteiger partial charge in [0.2, 0.25) is 0 Å². The van der Waals surface area contributed by atoms with E-state index in [1.807, 2.05) is 0 Å². The Kier molecular flexibility index (Phi) is 4.61. The van der Waals surface area contributed by atoms with Gasteiger partial charge < -0.3 is 14.8 Å². The van der Waals surface area contributed by atoms with Gasteiger partial charge in [-0.25, -0.2) is 8.42 Å². The van der Waals surface area contributed by atoms with Crippen molar-refractivity contribution in [3.8, 4) is 11.5 Å². The Morgan fingerprint density at radius 2 is 1.92 bits per heavy atom. The first-order valence-corrected chi connectivity index (χ1v) is 9.91. The summed E-state index contributed by atoms with van der Waals surface area (Å²) in [5, 5.41) is 2.73. The van der Waals surface area contributed by atoms with E-state index in [1.54, 1.807) is 38.1 Å². The Balaban J connectivity index is 1.95. The molecule has 2 aromatic carbocycles. The predicted octanol–water partition coefficient (Wildman–Crippen LogP) is 3.37. The van der Waals surface area contributed by atoms with Crippen molar-refractivity contribution in [2.45, 2.75) is 24.3 Å². The van der Waals surface area contributed by atoms with Gasteiger partial charge in [-0.15, -0.1) is 0 Å². The number of nitrogens with one attached hydrogen (secondary N) is 2. The van der Waals surface area contributed by atoms with Gasteiger partial charge in [0.05, 0.1) is 18.5 Å². The van der Waals surface area contributed by atoms with E-state index in [2.05, 4.69) is 26.0 Å². The Hall–Kier alpha value is -2.26. The lowest BCUT2D eigenvalue weighted by atomic mass is 10.1. The van der Waals surface area contributed by atoms with Crippen molar-refractivity contribution in [3.63, 3.8) is 0 Å². The van der Waals surface area contributed by atoms with Crippen molar-refractivity contribution >= 4 is 43.2 Å². The highest BCUT2D eigenvalue weighted by molar-refractivity contribution is 9.10. The summed E-state index contributed by atoms with van der Waals surface area (Å²) in [6.07, 6.45) is 0. The lowest BCUT2D eigenvalue weighted by Crippen LogP contribution is -2.45. The number of rotatable bonds is 4. The Labute approximate surface area is 159 Å². The van der Waals surface area contributed by atoms with Crippen molar-refractivity contribution in [1.82, 2.24) is 0 Å². The molecule has 26 heavy (non-hydrogen) atoms. The smallest absolute Gasteiger partial charge is 0.268 e. The van der Waals surface area contributed by atoms with Crippen LogP contribution in [0.4, 0.5) is 11.4 Å². The van der Waals surface area contributed by atoms with E-state index in [4.69, 9.17) is 9.47 Å². The van der Waals surface area contributed by atoms with Crippen molar-refractivity contribution < 1.29 is 22.7 Å². The summed E-state index contributed by atoms with van der Waals surface area (Å²) in [5.74, 6) is 0.344. The molecule has 1 aliphatic rings. The van der Waals surface area contributed by atoms with Gasteiger partial charge in [0.1, 0.15) is 16.4 Å². The zero-order valence-corrected chi connectivity index (χ0v) is 16.7. The zero-order valence-electron chi connectivity index (χ0n) is 14.3. The minimum Gasteiger partial charge on any atom is -0.495 e. The van der Waals surface area contributed by atoms with E-state index >= 15 is 0 Å². The molecule has 9 heteroatoms. The van der Waals surface area contributed by atoms with Crippen LogP contribution in [0.2, 0.25) is 0 Å². The van der Waals surface area contributed by atoms with Gasteiger partial charge in [-0.2, -0.15) is 0 Å². The molecule has 0 radical (unpaired) electrons. The molecule has 0 atom stereocenters. The Morgan fingerprint density at radius 1 is 1.19 bits per heavy atom. The molecule has 0 saturated carbocycles. The van der Waals surface area contributed by atoms with Gasteiger partial charge in [0, 0.05) is 10.5 Å². The first-order chi connectivity index (χ1) is 12.1. The number of halogens is 1. The molecule has 0 bridgehead atoms. The highest BCUT2D eigenvalue weighted by atomic mass is 79.9. The van der Waals surface area contributed by atoms with Gasteiger partial charge in [-0.05, 0) is 44.2 Å². The van der Waals surface area contributed by atoms with Crippen LogP contribution in [0.25, 0.3) is 0 Å². The second-order valence-corrected chi connectivity index (χ2v) is 8.74. The molecule has 1 amide bonds. The summed E-state index contributed by atoms with van der Waals surface area (Å²) in [6, 6.07) is 9.36. The second-order valence-electron chi connectivity index (χ2n) is 6.18. The van der Waals surface area contributed by atoms with Crippen LogP contribution in [0.5, 0.6) is 11.5 Å². The van der Waals surface area contributed by atoms with Gasteiger partial charge in [0.15, 0.2) is 5.60 Å². The van der Waals surface area contributed by atoms with Crippen molar-refractivity contribution in [3.05, 3.63) is 40.9 Å². The SMILES string of the molecule is COc1ccc(Br)cc1S(=O)(=O)Nc1ccc2c(c1)OC(C)(C)C(=O)N2.